The third-order valence-electron chi connectivity index (χ3n) is 3.04. The third kappa shape index (κ3) is 1.68. The molecule has 0 amide bonds. The van der Waals surface area contributed by atoms with Crippen molar-refractivity contribution in [2.24, 2.45) is 0 Å². The number of rotatable bonds is 1. The summed E-state index contributed by atoms with van der Waals surface area (Å²) in [6.45, 7) is 2.54. The molecule has 2 nitrogen and oxygen atoms in total. The number of hydrogen-bond donors (Lipinski definition) is 0. The maximum atomic E-state index is 12.9. The van der Waals surface area contributed by atoms with Crippen LogP contribution in [0.1, 0.15) is 0 Å². The van der Waals surface area contributed by atoms with Gasteiger partial charge in [0, 0.05) is 42.0 Å². The van der Waals surface area contributed by atoms with Crippen LogP contribution in [-0.4, -0.2) is 31.3 Å². The number of thiophene rings is 1. The fourth-order valence-corrected chi connectivity index (χ4v) is 2.98. The van der Waals surface area contributed by atoms with Gasteiger partial charge in [0.1, 0.15) is 0 Å². The molecule has 2 heterocycles. The molecule has 0 unspecified atom stereocenters. The lowest BCUT2D eigenvalue weighted by molar-refractivity contribution is 0.0201. The van der Waals surface area contributed by atoms with E-state index in [9.17, 15) is 4.48 Å². The summed E-state index contributed by atoms with van der Waals surface area (Å²) in [6.07, 6.45) is 0. The number of fused-ring (bicyclic) bond motifs is 1. The predicted molar refractivity (Wildman–Crippen MR) is 66.7 cm³/mol. The molecule has 1 aliphatic heterocycles. The van der Waals surface area contributed by atoms with Crippen LogP contribution in [0.15, 0.2) is 29.6 Å². The first-order valence-electron chi connectivity index (χ1n) is 5.46. The van der Waals surface area contributed by atoms with Gasteiger partial charge in [-0.3, -0.25) is 0 Å². The van der Waals surface area contributed by atoms with E-state index in [1.165, 1.54) is 15.8 Å². The van der Waals surface area contributed by atoms with Gasteiger partial charge in [0.05, 0.1) is 0 Å². The summed E-state index contributed by atoms with van der Waals surface area (Å²) in [7, 11) is 0. The molecule has 84 valence electrons. The molecule has 0 spiro atoms. The molecule has 1 fully saturated rings. The molecule has 0 atom stereocenters. The summed E-state index contributed by atoms with van der Waals surface area (Å²) >= 11 is 1.75. The molecule has 0 bridgehead atoms. The molecule has 0 N–H and O–H groups in total. The zero-order valence-electron chi connectivity index (χ0n) is 8.90. The van der Waals surface area contributed by atoms with E-state index in [0.717, 1.165) is 18.2 Å². The Morgan fingerprint density at radius 1 is 1.06 bits per heavy atom. The average Bonchev–Trinajstić information content (AvgIpc) is 2.78. The maximum Gasteiger partial charge on any atom is 0.0467 e. The summed E-state index contributed by atoms with van der Waals surface area (Å²) < 4.78 is 14.2. The molecule has 3 rings (SSSR count). The average molecular weight is 236 g/mol. The Morgan fingerprint density at radius 2 is 1.88 bits per heavy atom. The summed E-state index contributed by atoms with van der Waals surface area (Å²) in [5, 5.41) is 4.30. The second-order valence-corrected chi connectivity index (χ2v) is 4.95. The molecule has 1 aromatic carbocycles. The van der Waals surface area contributed by atoms with Crippen LogP contribution in [0.4, 0.5) is 10.2 Å². The first kappa shape index (κ1) is 10.1. The smallest absolute Gasteiger partial charge is 0.0467 e. The van der Waals surface area contributed by atoms with Crippen molar-refractivity contribution in [2.45, 2.75) is 0 Å². The molecular weight excluding hydrogens is 223 g/mol. The third-order valence-corrected chi connectivity index (χ3v) is 3.92. The van der Waals surface area contributed by atoms with E-state index in [0.29, 0.717) is 13.1 Å². The van der Waals surface area contributed by atoms with Gasteiger partial charge in [-0.15, -0.1) is 20.9 Å². The Morgan fingerprint density at radius 3 is 2.69 bits per heavy atom. The number of benzene rings is 1. The molecule has 2 aromatic rings. The molecular formula is C12H13FN2S. The van der Waals surface area contributed by atoms with Crippen molar-refractivity contribution in [3.8, 4) is 0 Å². The number of piperazine rings is 1. The van der Waals surface area contributed by atoms with Crippen LogP contribution in [0, 0.1) is 0 Å². The van der Waals surface area contributed by atoms with Crippen LogP contribution < -0.4 is 4.90 Å². The van der Waals surface area contributed by atoms with Gasteiger partial charge in [0.2, 0.25) is 0 Å². The number of halogens is 1. The summed E-state index contributed by atoms with van der Waals surface area (Å²) in [4.78, 5) is 2.27. The normalized spacial score (nSPS) is 18.2. The van der Waals surface area contributed by atoms with Crippen molar-refractivity contribution in [1.82, 2.24) is 5.12 Å². The molecule has 1 aliphatic rings. The Kier molecular flexibility index (Phi) is 2.53. The van der Waals surface area contributed by atoms with Gasteiger partial charge in [0.25, 0.3) is 0 Å². The van der Waals surface area contributed by atoms with Gasteiger partial charge in [-0.2, -0.15) is 0 Å². The molecule has 0 aliphatic carbocycles. The minimum atomic E-state index is 0.501. The van der Waals surface area contributed by atoms with Crippen LogP contribution in [0.5, 0.6) is 0 Å². The van der Waals surface area contributed by atoms with E-state index in [-0.39, 0.29) is 0 Å². The van der Waals surface area contributed by atoms with Gasteiger partial charge in [-0.05, 0) is 23.6 Å². The molecule has 16 heavy (non-hydrogen) atoms. The predicted octanol–water partition coefficient (Wildman–Crippen LogP) is 2.91. The zero-order chi connectivity index (χ0) is 11.0. The SMILES string of the molecule is FN1CCN(c2cccc3sccc23)CC1. The summed E-state index contributed by atoms with van der Waals surface area (Å²) in [5.74, 6) is 0. The Bertz CT molecular complexity index is 488. The highest BCUT2D eigenvalue weighted by Gasteiger charge is 2.18. The van der Waals surface area contributed by atoms with Crippen molar-refractivity contribution in [1.29, 1.82) is 0 Å². The number of anilines is 1. The van der Waals surface area contributed by atoms with Gasteiger partial charge in [0.15, 0.2) is 0 Å². The Hall–Kier alpha value is -1.13. The summed E-state index contributed by atoms with van der Waals surface area (Å²) in [6, 6.07) is 8.49. The lowest BCUT2D eigenvalue weighted by Crippen LogP contribution is -2.42. The van der Waals surface area contributed by atoms with Crippen molar-refractivity contribution in [3.63, 3.8) is 0 Å². The van der Waals surface area contributed by atoms with Crippen LogP contribution in [0.3, 0.4) is 0 Å². The van der Waals surface area contributed by atoms with E-state index < -0.39 is 0 Å². The van der Waals surface area contributed by atoms with E-state index in [2.05, 4.69) is 34.5 Å². The van der Waals surface area contributed by atoms with Crippen molar-refractivity contribution in [3.05, 3.63) is 29.6 Å². The minimum Gasteiger partial charge on any atom is -0.368 e. The topological polar surface area (TPSA) is 6.48 Å². The molecule has 1 saturated heterocycles. The van der Waals surface area contributed by atoms with E-state index in [1.807, 2.05) is 0 Å². The molecule has 0 saturated carbocycles. The van der Waals surface area contributed by atoms with Crippen LogP contribution in [0.25, 0.3) is 10.1 Å². The van der Waals surface area contributed by atoms with E-state index in [1.54, 1.807) is 11.3 Å². The quantitative estimate of drug-likeness (QED) is 0.702. The highest BCUT2D eigenvalue weighted by Crippen LogP contribution is 2.30. The van der Waals surface area contributed by atoms with Crippen LogP contribution in [-0.2, 0) is 0 Å². The highest BCUT2D eigenvalue weighted by atomic mass is 32.1. The number of hydrogen-bond acceptors (Lipinski definition) is 3. The van der Waals surface area contributed by atoms with Crippen molar-refractivity contribution in [2.75, 3.05) is 31.1 Å². The molecule has 4 heteroatoms. The molecule has 0 radical (unpaired) electrons. The minimum absolute atomic E-state index is 0.501. The van der Waals surface area contributed by atoms with E-state index >= 15 is 0 Å². The fraction of sp³-hybridized carbons (Fsp3) is 0.333. The van der Waals surface area contributed by atoms with Crippen molar-refractivity contribution >= 4 is 27.1 Å². The second kappa shape index (κ2) is 4.03. The van der Waals surface area contributed by atoms with Crippen LogP contribution in [0.2, 0.25) is 0 Å². The van der Waals surface area contributed by atoms with Crippen LogP contribution >= 0.6 is 11.3 Å². The molecule has 1 aromatic heterocycles. The lowest BCUT2D eigenvalue weighted by Gasteiger charge is -2.32. The largest absolute Gasteiger partial charge is 0.368 e. The van der Waals surface area contributed by atoms with Gasteiger partial charge >= 0.3 is 0 Å². The van der Waals surface area contributed by atoms with Gasteiger partial charge < -0.3 is 4.90 Å². The first-order chi connectivity index (χ1) is 7.84. The standard InChI is InChI=1S/C12H13FN2S/c13-15-7-5-14(6-8-15)11-2-1-3-12-10(11)4-9-16-12/h1-4,9H,5-8H2. The fourth-order valence-electron chi connectivity index (χ4n) is 2.18. The Labute approximate surface area is 97.8 Å². The first-order valence-corrected chi connectivity index (χ1v) is 6.34. The van der Waals surface area contributed by atoms with Gasteiger partial charge in [-0.1, -0.05) is 6.07 Å². The monoisotopic (exact) mass is 236 g/mol. The maximum absolute atomic E-state index is 12.9. The van der Waals surface area contributed by atoms with E-state index in [4.69, 9.17) is 0 Å². The second-order valence-electron chi connectivity index (χ2n) is 4.01. The van der Waals surface area contributed by atoms with Crippen molar-refractivity contribution < 1.29 is 4.48 Å². The van der Waals surface area contributed by atoms with Gasteiger partial charge in [-0.25, -0.2) is 0 Å². The lowest BCUT2D eigenvalue weighted by atomic mass is 10.2. The highest BCUT2D eigenvalue weighted by molar-refractivity contribution is 7.17. The zero-order valence-corrected chi connectivity index (χ0v) is 9.71. The summed E-state index contributed by atoms with van der Waals surface area (Å²) in [5.41, 5.74) is 1.24. The number of nitrogens with zero attached hydrogens (tertiary/aromatic N) is 2. The Balaban J connectivity index is 1.96.